The van der Waals surface area contributed by atoms with Crippen molar-refractivity contribution in [3.05, 3.63) is 48.5 Å². The number of benzene rings is 2. The average Bonchev–Trinajstić information content (AvgIpc) is 3.33. The molecule has 0 radical (unpaired) electrons. The largest absolute Gasteiger partial charge is 0.497 e. The number of carbonyl (C=O) groups excluding carboxylic acids is 1. The van der Waals surface area contributed by atoms with Gasteiger partial charge < -0.3 is 19.4 Å². The minimum absolute atomic E-state index is 0.184. The van der Waals surface area contributed by atoms with Gasteiger partial charge in [0.25, 0.3) is 0 Å². The van der Waals surface area contributed by atoms with Gasteiger partial charge in [0.05, 0.1) is 25.6 Å². The molecule has 1 aromatic heterocycles. The number of nitrogens with one attached hydrogen (secondary N) is 1. The van der Waals surface area contributed by atoms with E-state index in [0.717, 1.165) is 83.7 Å². The third-order valence-corrected chi connectivity index (χ3v) is 7.67. The van der Waals surface area contributed by atoms with Crippen molar-refractivity contribution in [2.45, 2.75) is 76.9 Å². The van der Waals surface area contributed by atoms with Gasteiger partial charge in [0.2, 0.25) is 5.91 Å². The average molecular weight is 538 g/mol. The smallest absolute Gasteiger partial charge is 0.219 e. The van der Waals surface area contributed by atoms with E-state index in [9.17, 15) is 4.79 Å². The van der Waals surface area contributed by atoms with Crippen molar-refractivity contribution in [1.82, 2.24) is 14.9 Å². The Hall–Kier alpha value is -2.93. The van der Waals surface area contributed by atoms with Crippen LogP contribution in [-0.4, -0.2) is 42.0 Å². The summed E-state index contributed by atoms with van der Waals surface area (Å²) in [6.07, 6.45) is 8.51. The molecule has 0 aliphatic rings. The maximum Gasteiger partial charge on any atom is 0.219 e. The van der Waals surface area contributed by atoms with E-state index in [-0.39, 0.29) is 5.91 Å². The molecule has 1 heterocycles. The highest BCUT2D eigenvalue weighted by Gasteiger charge is 2.20. The Kier molecular flexibility index (Phi) is 12.6. The Morgan fingerprint density at radius 3 is 2.08 bits per heavy atom. The highest BCUT2D eigenvalue weighted by Crippen LogP contribution is 2.37. The number of aromatic nitrogens is 2. The summed E-state index contributed by atoms with van der Waals surface area (Å²) in [5.41, 5.74) is 4.24. The van der Waals surface area contributed by atoms with Gasteiger partial charge in [-0.3, -0.25) is 4.79 Å². The minimum atomic E-state index is 0.184. The molecule has 206 valence electrons. The lowest BCUT2D eigenvalue weighted by atomic mass is 10.0. The molecule has 6 nitrogen and oxygen atoms in total. The molecule has 0 bridgehead atoms. The molecule has 3 aromatic rings. The number of imidazole rings is 1. The van der Waals surface area contributed by atoms with E-state index < -0.39 is 0 Å². The monoisotopic (exact) mass is 537 g/mol. The zero-order chi connectivity index (χ0) is 27.2. The zero-order valence-electron chi connectivity index (χ0n) is 23.4. The van der Waals surface area contributed by atoms with Crippen molar-refractivity contribution in [3.63, 3.8) is 0 Å². The molecular weight excluding hydrogens is 494 g/mol. The molecule has 0 saturated heterocycles. The Balaban J connectivity index is 1.64. The number of hydrogen-bond acceptors (Lipinski definition) is 5. The van der Waals surface area contributed by atoms with Crippen LogP contribution in [0.15, 0.2) is 53.7 Å². The molecule has 1 amide bonds. The van der Waals surface area contributed by atoms with Gasteiger partial charge in [0, 0.05) is 36.4 Å². The maximum absolute atomic E-state index is 12.1. The number of ether oxygens (including phenoxy) is 2. The van der Waals surface area contributed by atoms with Crippen LogP contribution in [0.25, 0.3) is 22.5 Å². The van der Waals surface area contributed by atoms with Crippen molar-refractivity contribution in [3.8, 4) is 34.0 Å². The van der Waals surface area contributed by atoms with Gasteiger partial charge in [-0.1, -0.05) is 44.4 Å². The van der Waals surface area contributed by atoms with Crippen LogP contribution in [-0.2, 0) is 11.3 Å². The van der Waals surface area contributed by atoms with Crippen molar-refractivity contribution in [2.24, 2.45) is 0 Å². The van der Waals surface area contributed by atoms with E-state index in [1.165, 1.54) is 19.3 Å². The normalized spacial score (nSPS) is 10.9. The first kappa shape index (κ1) is 29.6. The van der Waals surface area contributed by atoms with Crippen molar-refractivity contribution < 1.29 is 14.3 Å². The number of carbonyl (C=O) groups is 1. The topological polar surface area (TPSA) is 65.4 Å². The van der Waals surface area contributed by atoms with Crippen LogP contribution in [0.1, 0.15) is 65.2 Å². The molecule has 7 heteroatoms. The van der Waals surface area contributed by atoms with Crippen LogP contribution in [0, 0.1) is 0 Å². The summed E-state index contributed by atoms with van der Waals surface area (Å²) in [5, 5.41) is 4.09. The fourth-order valence-corrected chi connectivity index (χ4v) is 5.49. The molecule has 0 aliphatic carbocycles. The predicted molar refractivity (Wildman–Crippen MR) is 158 cm³/mol. The highest BCUT2D eigenvalue weighted by atomic mass is 32.2. The molecule has 2 aromatic carbocycles. The second-order valence-corrected chi connectivity index (χ2v) is 10.4. The van der Waals surface area contributed by atoms with Crippen molar-refractivity contribution in [2.75, 3.05) is 26.5 Å². The summed E-state index contributed by atoms with van der Waals surface area (Å²) in [5.74, 6) is 2.80. The lowest BCUT2D eigenvalue weighted by molar-refractivity contribution is -0.121. The highest BCUT2D eigenvalue weighted by molar-refractivity contribution is 7.99. The van der Waals surface area contributed by atoms with E-state index in [4.69, 9.17) is 14.5 Å². The number of unbranched alkanes of at least 4 members (excludes halogenated alkanes) is 5. The Morgan fingerprint density at radius 2 is 1.47 bits per heavy atom. The van der Waals surface area contributed by atoms with Crippen LogP contribution in [0.5, 0.6) is 11.5 Å². The summed E-state index contributed by atoms with van der Waals surface area (Å²) in [6.45, 7) is 5.93. The van der Waals surface area contributed by atoms with Crippen LogP contribution in [0.4, 0.5) is 0 Å². The standard InChI is InChI=1S/C31H43N3O3S/c1-5-7-8-9-10-13-28(35)32-22-11-12-23-38-31-33-29(24-14-18-26(36-3)19-15-24)30(34(31)6-2)25-16-20-27(37-4)21-17-25/h14-21H,5-13,22-23H2,1-4H3,(H,32,35). The third-order valence-electron chi connectivity index (χ3n) is 6.61. The summed E-state index contributed by atoms with van der Waals surface area (Å²) in [7, 11) is 3.36. The molecule has 0 fully saturated rings. The van der Waals surface area contributed by atoms with Crippen molar-refractivity contribution in [1.29, 1.82) is 0 Å². The first-order valence-corrected chi connectivity index (χ1v) is 14.9. The van der Waals surface area contributed by atoms with Gasteiger partial charge in [-0.25, -0.2) is 4.98 Å². The Bertz CT molecular complexity index is 1110. The first-order chi connectivity index (χ1) is 18.6. The molecule has 0 aliphatic heterocycles. The van der Waals surface area contributed by atoms with Gasteiger partial charge >= 0.3 is 0 Å². The van der Waals surface area contributed by atoms with Gasteiger partial charge in [-0.05, 0) is 74.7 Å². The van der Waals surface area contributed by atoms with Crippen molar-refractivity contribution >= 4 is 17.7 Å². The van der Waals surface area contributed by atoms with Gasteiger partial charge in [-0.15, -0.1) is 0 Å². The quantitative estimate of drug-likeness (QED) is 0.142. The SMILES string of the molecule is CCCCCCCC(=O)NCCCCSc1nc(-c2ccc(OC)cc2)c(-c2ccc(OC)cc2)n1CC. The lowest BCUT2D eigenvalue weighted by Crippen LogP contribution is -2.24. The Morgan fingerprint density at radius 1 is 0.842 bits per heavy atom. The fourth-order valence-electron chi connectivity index (χ4n) is 4.42. The first-order valence-electron chi connectivity index (χ1n) is 13.9. The van der Waals surface area contributed by atoms with Crippen LogP contribution >= 0.6 is 11.8 Å². The molecule has 0 unspecified atom stereocenters. The fraction of sp³-hybridized carbons (Fsp3) is 0.484. The molecule has 38 heavy (non-hydrogen) atoms. The van der Waals surface area contributed by atoms with E-state index in [1.807, 2.05) is 24.3 Å². The Labute approximate surface area is 232 Å². The molecule has 0 spiro atoms. The molecular formula is C31H43N3O3S. The maximum atomic E-state index is 12.1. The van der Waals surface area contributed by atoms with E-state index >= 15 is 0 Å². The summed E-state index contributed by atoms with van der Waals surface area (Å²) in [6, 6.07) is 16.3. The second kappa shape index (κ2) is 16.1. The predicted octanol–water partition coefficient (Wildman–Crippen LogP) is 7.60. The zero-order valence-corrected chi connectivity index (χ0v) is 24.2. The van der Waals surface area contributed by atoms with Crippen LogP contribution in [0.2, 0.25) is 0 Å². The molecule has 0 atom stereocenters. The second-order valence-electron chi connectivity index (χ2n) is 9.36. The van der Waals surface area contributed by atoms with Crippen LogP contribution in [0.3, 0.4) is 0 Å². The minimum Gasteiger partial charge on any atom is -0.497 e. The van der Waals surface area contributed by atoms with E-state index in [1.54, 1.807) is 26.0 Å². The number of nitrogens with zero attached hydrogens (tertiary/aromatic N) is 2. The summed E-state index contributed by atoms with van der Waals surface area (Å²) in [4.78, 5) is 17.2. The summed E-state index contributed by atoms with van der Waals surface area (Å²) >= 11 is 1.78. The van der Waals surface area contributed by atoms with E-state index in [0.29, 0.717) is 6.42 Å². The number of rotatable bonds is 17. The number of methoxy groups -OCH3 is 2. The van der Waals surface area contributed by atoms with Gasteiger partial charge in [0.15, 0.2) is 5.16 Å². The molecule has 1 N–H and O–H groups in total. The molecule has 3 rings (SSSR count). The third kappa shape index (κ3) is 8.55. The molecule has 0 saturated carbocycles. The van der Waals surface area contributed by atoms with Gasteiger partial charge in [-0.2, -0.15) is 0 Å². The summed E-state index contributed by atoms with van der Waals surface area (Å²) < 4.78 is 13.0. The number of hydrogen-bond donors (Lipinski definition) is 1. The lowest BCUT2D eigenvalue weighted by Gasteiger charge is -2.12. The van der Waals surface area contributed by atoms with Gasteiger partial charge in [0.1, 0.15) is 11.5 Å². The number of amides is 1. The van der Waals surface area contributed by atoms with Crippen LogP contribution < -0.4 is 14.8 Å². The van der Waals surface area contributed by atoms with E-state index in [2.05, 4.69) is 48.0 Å². The number of thioether (sulfide) groups is 1.